The van der Waals surface area contributed by atoms with Gasteiger partial charge in [0.15, 0.2) is 5.82 Å². The van der Waals surface area contributed by atoms with Crippen molar-refractivity contribution in [3.05, 3.63) is 41.1 Å². The smallest absolute Gasteiger partial charge is 0.236 e. The summed E-state index contributed by atoms with van der Waals surface area (Å²) >= 11 is 1.55. The van der Waals surface area contributed by atoms with Gasteiger partial charge in [0.2, 0.25) is 11.8 Å². The van der Waals surface area contributed by atoms with Crippen LogP contribution in [0.4, 0.5) is 0 Å². The zero-order chi connectivity index (χ0) is 17.1. The first kappa shape index (κ1) is 16.4. The second kappa shape index (κ2) is 6.96. The maximum atomic E-state index is 12.2. The van der Waals surface area contributed by atoms with Crippen molar-refractivity contribution < 1.29 is 9.21 Å². The predicted octanol–water partition coefficient (Wildman–Crippen LogP) is 2.74. The number of hydrogen-bond acceptors (Lipinski definition) is 6. The summed E-state index contributed by atoms with van der Waals surface area (Å²) in [5.41, 5.74) is 0.654. The fourth-order valence-corrected chi connectivity index (χ4v) is 2.96. The van der Waals surface area contributed by atoms with Crippen molar-refractivity contribution in [3.8, 4) is 10.8 Å². The van der Waals surface area contributed by atoms with Crippen LogP contribution in [0.15, 0.2) is 28.3 Å². The van der Waals surface area contributed by atoms with Gasteiger partial charge >= 0.3 is 0 Å². The van der Waals surface area contributed by atoms with Gasteiger partial charge in [0.1, 0.15) is 12.1 Å². The number of carbonyl (C=O) groups excluding carboxylic acids is 1. The number of oxazole rings is 1. The fourth-order valence-electron chi connectivity index (χ4n) is 2.31. The van der Waals surface area contributed by atoms with Crippen LogP contribution < -0.4 is 5.32 Å². The number of rotatable bonds is 6. The molecule has 7 nitrogen and oxygen atoms in total. The minimum Gasteiger partial charge on any atom is -0.440 e. The van der Waals surface area contributed by atoms with E-state index >= 15 is 0 Å². The third kappa shape index (κ3) is 3.53. The van der Waals surface area contributed by atoms with Crippen LogP contribution in [0, 0.1) is 6.92 Å². The summed E-state index contributed by atoms with van der Waals surface area (Å²) in [4.78, 5) is 17.6. The Morgan fingerprint density at radius 3 is 3.00 bits per heavy atom. The number of amides is 1. The maximum Gasteiger partial charge on any atom is 0.236 e. The molecular formula is C16H19N5O2S. The summed E-state index contributed by atoms with van der Waals surface area (Å²) in [6.45, 7) is 6.24. The molecule has 1 N–H and O–H groups in total. The molecule has 0 aliphatic rings. The highest BCUT2D eigenvalue weighted by molar-refractivity contribution is 7.13. The van der Waals surface area contributed by atoms with E-state index in [0.717, 1.165) is 10.7 Å². The van der Waals surface area contributed by atoms with Crippen LogP contribution in [0.3, 0.4) is 0 Å². The molecule has 0 spiro atoms. The molecular weight excluding hydrogens is 326 g/mol. The highest BCUT2D eigenvalue weighted by Crippen LogP contribution is 2.26. The number of carbonyl (C=O) groups is 1. The van der Waals surface area contributed by atoms with Crippen molar-refractivity contribution in [2.24, 2.45) is 0 Å². The lowest BCUT2D eigenvalue weighted by Gasteiger charge is -2.10. The van der Waals surface area contributed by atoms with Gasteiger partial charge in [0.25, 0.3) is 0 Å². The Balaban J connectivity index is 1.62. The molecule has 3 aromatic heterocycles. The lowest BCUT2D eigenvalue weighted by atomic mass is 10.2. The van der Waals surface area contributed by atoms with E-state index in [9.17, 15) is 4.79 Å². The molecule has 0 unspecified atom stereocenters. The molecule has 0 saturated heterocycles. The molecule has 0 fully saturated rings. The largest absolute Gasteiger partial charge is 0.440 e. The zero-order valence-electron chi connectivity index (χ0n) is 13.8. The summed E-state index contributed by atoms with van der Waals surface area (Å²) in [7, 11) is 0. The molecule has 24 heavy (non-hydrogen) atoms. The van der Waals surface area contributed by atoms with Gasteiger partial charge in [-0.1, -0.05) is 6.07 Å². The quantitative estimate of drug-likeness (QED) is 0.742. The molecule has 126 valence electrons. The molecule has 3 aromatic rings. The fraction of sp³-hybridized carbons (Fsp3) is 0.375. The molecule has 0 atom stereocenters. The number of aryl methyl sites for hydroxylation is 1. The van der Waals surface area contributed by atoms with E-state index in [0.29, 0.717) is 23.9 Å². The molecule has 8 heteroatoms. The first-order valence-corrected chi connectivity index (χ1v) is 8.58. The number of hydrogen-bond donors (Lipinski definition) is 1. The van der Waals surface area contributed by atoms with Crippen molar-refractivity contribution in [2.75, 3.05) is 0 Å². The molecule has 1 amide bonds. The molecule has 3 heterocycles. The Bertz CT molecular complexity index is 820. The Morgan fingerprint density at radius 1 is 1.46 bits per heavy atom. The summed E-state index contributed by atoms with van der Waals surface area (Å²) < 4.78 is 7.58. The normalized spacial score (nSPS) is 11.2. The van der Waals surface area contributed by atoms with Crippen molar-refractivity contribution in [2.45, 2.75) is 39.8 Å². The van der Waals surface area contributed by atoms with Crippen molar-refractivity contribution in [1.29, 1.82) is 0 Å². The molecule has 0 saturated carbocycles. The van der Waals surface area contributed by atoms with Crippen molar-refractivity contribution >= 4 is 17.2 Å². The molecule has 0 radical (unpaired) electrons. The highest BCUT2D eigenvalue weighted by atomic mass is 32.1. The first-order chi connectivity index (χ1) is 11.5. The van der Waals surface area contributed by atoms with Gasteiger partial charge in [0, 0.05) is 6.04 Å². The Labute approximate surface area is 143 Å². The zero-order valence-corrected chi connectivity index (χ0v) is 14.6. The van der Waals surface area contributed by atoms with Gasteiger partial charge in [-0.2, -0.15) is 0 Å². The number of thiophene rings is 1. The topological polar surface area (TPSA) is 85.8 Å². The van der Waals surface area contributed by atoms with E-state index in [1.807, 2.05) is 42.9 Å². The van der Waals surface area contributed by atoms with E-state index in [1.54, 1.807) is 17.7 Å². The van der Waals surface area contributed by atoms with Crippen LogP contribution in [0.5, 0.6) is 0 Å². The van der Waals surface area contributed by atoms with Gasteiger partial charge in [-0.3, -0.25) is 4.79 Å². The van der Waals surface area contributed by atoms with Crippen molar-refractivity contribution in [1.82, 2.24) is 25.1 Å². The molecule has 0 aliphatic heterocycles. The van der Waals surface area contributed by atoms with Gasteiger partial charge in [-0.15, -0.1) is 21.5 Å². The van der Waals surface area contributed by atoms with Crippen LogP contribution in [0.1, 0.15) is 37.2 Å². The average Bonchev–Trinajstić information content (AvgIpc) is 3.26. The number of nitrogens with one attached hydrogen (secondary N) is 1. The molecule has 0 bridgehead atoms. The van der Waals surface area contributed by atoms with Gasteiger partial charge in [-0.25, -0.2) is 4.98 Å². The third-order valence-corrected chi connectivity index (χ3v) is 4.46. The molecule has 0 aromatic carbocycles. The lowest BCUT2D eigenvalue weighted by molar-refractivity contribution is -0.120. The summed E-state index contributed by atoms with van der Waals surface area (Å²) in [5.74, 6) is 1.83. The Kier molecular flexibility index (Phi) is 4.75. The standard InChI is InChI=1S/C16H19N5O2S/c1-10(2)21-9-18-20-14(21)8-17-15(22)7-12-11(3)23-16(19-12)13-5-4-6-24-13/h4-6,9-10H,7-8H2,1-3H3,(H,17,22). The molecule has 3 rings (SSSR count). The SMILES string of the molecule is Cc1oc(-c2cccs2)nc1CC(=O)NCc1nncn1C(C)C. The Hall–Kier alpha value is -2.48. The highest BCUT2D eigenvalue weighted by Gasteiger charge is 2.16. The van der Waals surface area contributed by atoms with E-state index in [4.69, 9.17) is 4.42 Å². The monoisotopic (exact) mass is 345 g/mol. The van der Waals surface area contributed by atoms with Crippen LogP contribution in [-0.2, 0) is 17.8 Å². The second-order valence-electron chi connectivity index (χ2n) is 5.70. The van der Waals surface area contributed by atoms with Crippen molar-refractivity contribution in [3.63, 3.8) is 0 Å². The van der Waals surface area contributed by atoms with E-state index in [-0.39, 0.29) is 18.4 Å². The van der Waals surface area contributed by atoms with E-state index in [1.165, 1.54) is 0 Å². The van der Waals surface area contributed by atoms with Crippen LogP contribution in [-0.4, -0.2) is 25.7 Å². The first-order valence-electron chi connectivity index (χ1n) is 7.70. The Morgan fingerprint density at radius 2 is 2.29 bits per heavy atom. The summed E-state index contributed by atoms with van der Waals surface area (Å²) in [6, 6.07) is 4.13. The summed E-state index contributed by atoms with van der Waals surface area (Å²) in [5, 5.41) is 12.7. The van der Waals surface area contributed by atoms with E-state index in [2.05, 4.69) is 20.5 Å². The maximum absolute atomic E-state index is 12.2. The van der Waals surface area contributed by atoms with Crippen LogP contribution >= 0.6 is 11.3 Å². The van der Waals surface area contributed by atoms with Crippen LogP contribution in [0.2, 0.25) is 0 Å². The van der Waals surface area contributed by atoms with E-state index < -0.39 is 0 Å². The second-order valence-corrected chi connectivity index (χ2v) is 6.65. The summed E-state index contributed by atoms with van der Waals surface area (Å²) in [6.07, 6.45) is 1.85. The van der Waals surface area contributed by atoms with Gasteiger partial charge < -0.3 is 14.3 Å². The minimum absolute atomic E-state index is 0.123. The van der Waals surface area contributed by atoms with Gasteiger partial charge in [0.05, 0.1) is 23.5 Å². The molecule has 0 aliphatic carbocycles. The lowest BCUT2D eigenvalue weighted by Crippen LogP contribution is -2.26. The van der Waals surface area contributed by atoms with Crippen LogP contribution in [0.25, 0.3) is 10.8 Å². The minimum atomic E-state index is -0.123. The average molecular weight is 345 g/mol. The number of nitrogens with zero attached hydrogens (tertiary/aromatic N) is 4. The van der Waals surface area contributed by atoms with Gasteiger partial charge in [-0.05, 0) is 32.2 Å². The predicted molar refractivity (Wildman–Crippen MR) is 90.5 cm³/mol. The number of aromatic nitrogens is 4. The third-order valence-electron chi connectivity index (χ3n) is 3.60.